The van der Waals surface area contributed by atoms with E-state index in [0.717, 1.165) is 105 Å². The van der Waals surface area contributed by atoms with Crippen LogP contribution in [0.1, 0.15) is 35.4 Å². The van der Waals surface area contributed by atoms with Gasteiger partial charge in [-0.1, -0.05) is 72.8 Å². The minimum Gasteiger partial charge on any atom is -0.310 e. The van der Waals surface area contributed by atoms with Crippen LogP contribution in [0.15, 0.2) is 206 Å². The van der Waals surface area contributed by atoms with Gasteiger partial charge in [0.1, 0.15) is 11.6 Å². The van der Waals surface area contributed by atoms with E-state index in [2.05, 4.69) is 189 Å². The van der Waals surface area contributed by atoms with Gasteiger partial charge in [-0.3, -0.25) is 0 Å². The molecule has 2 heterocycles. The van der Waals surface area contributed by atoms with E-state index in [4.69, 9.17) is 0 Å². The third-order valence-electron chi connectivity index (χ3n) is 13.2. The summed E-state index contributed by atoms with van der Waals surface area (Å²) in [6, 6.07) is 65.7. The Morgan fingerprint density at radius 1 is 0.364 bits per heavy atom. The molecule has 8 aromatic carbocycles. The van der Waals surface area contributed by atoms with Crippen molar-refractivity contribution in [2.45, 2.75) is 25.7 Å². The molecule has 0 bridgehead atoms. The molecule has 318 valence electrons. The van der Waals surface area contributed by atoms with Gasteiger partial charge in [0.15, 0.2) is 0 Å². The summed E-state index contributed by atoms with van der Waals surface area (Å²) in [6.45, 7) is 0. The maximum absolute atomic E-state index is 14.0. The van der Waals surface area contributed by atoms with Crippen molar-refractivity contribution in [1.29, 1.82) is 0 Å². The van der Waals surface area contributed by atoms with Gasteiger partial charge >= 0.3 is 0 Å². The second kappa shape index (κ2) is 16.4. The first-order chi connectivity index (χ1) is 32.6. The summed E-state index contributed by atoms with van der Waals surface area (Å²) in [6.07, 6.45) is 12.7. The maximum Gasteiger partial charge on any atom is 0.123 e. The highest BCUT2D eigenvalue weighted by molar-refractivity contribution is 5.96. The van der Waals surface area contributed by atoms with Crippen LogP contribution in [0.2, 0.25) is 0 Å². The second-order valence-electron chi connectivity index (χ2n) is 17.1. The molecule has 4 nitrogen and oxygen atoms in total. The highest BCUT2D eigenvalue weighted by Gasteiger charge is 2.23. The molecule has 0 N–H and O–H groups in total. The van der Waals surface area contributed by atoms with Gasteiger partial charge in [-0.05, 0) is 194 Å². The monoisotopic (exact) mass is 858 g/mol. The molecule has 0 saturated heterocycles. The van der Waals surface area contributed by atoms with Gasteiger partial charge < -0.3 is 18.9 Å². The van der Waals surface area contributed by atoms with Crippen molar-refractivity contribution >= 4 is 68.1 Å². The van der Waals surface area contributed by atoms with Crippen molar-refractivity contribution in [2.75, 3.05) is 9.80 Å². The molecular formula is C60H44F2N4. The van der Waals surface area contributed by atoms with E-state index in [1.807, 2.05) is 24.3 Å². The Balaban J connectivity index is 0.890. The number of fused-ring (bicyclic) bond motifs is 6. The van der Waals surface area contributed by atoms with Gasteiger partial charge in [0.05, 0.1) is 11.0 Å². The summed E-state index contributed by atoms with van der Waals surface area (Å²) in [5.74, 6) is -0.479. The van der Waals surface area contributed by atoms with Crippen molar-refractivity contribution in [2.24, 2.45) is 0 Å². The second-order valence-corrected chi connectivity index (χ2v) is 17.1. The first-order valence-corrected chi connectivity index (χ1v) is 22.7. The molecule has 10 aromatic rings. The molecule has 0 fully saturated rings. The van der Waals surface area contributed by atoms with Crippen LogP contribution >= 0.6 is 0 Å². The van der Waals surface area contributed by atoms with E-state index in [9.17, 15) is 8.78 Å². The van der Waals surface area contributed by atoms with Crippen molar-refractivity contribution in [3.05, 3.63) is 240 Å². The van der Waals surface area contributed by atoms with Crippen LogP contribution in [-0.4, -0.2) is 9.13 Å². The van der Waals surface area contributed by atoms with E-state index >= 15 is 0 Å². The zero-order chi connectivity index (χ0) is 44.1. The third kappa shape index (κ3) is 6.90. The highest BCUT2D eigenvalue weighted by Crippen LogP contribution is 2.43. The number of nitrogens with zero attached hydrogens (tertiary/aromatic N) is 4. The number of aryl methyl sites for hydroxylation is 2. The first kappa shape index (κ1) is 39.4. The number of rotatable bonds is 9. The topological polar surface area (TPSA) is 16.3 Å². The van der Waals surface area contributed by atoms with Gasteiger partial charge in [0.2, 0.25) is 0 Å². The lowest BCUT2D eigenvalue weighted by molar-refractivity contribution is 0.627. The summed E-state index contributed by atoms with van der Waals surface area (Å²) in [5, 5.41) is 2.41. The summed E-state index contributed by atoms with van der Waals surface area (Å²) in [4.78, 5) is 4.64. The number of para-hydroxylation sites is 2. The van der Waals surface area contributed by atoms with E-state index in [1.54, 1.807) is 0 Å². The average molecular weight is 859 g/mol. The number of halogens is 2. The third-order valence-corrected chi connectivity index (χ3v) is 13.2. The molecule has 0 saturated carbocycles. The number of allylic oxidation sites excluding steroid dienone is 2. The minimum absolute atomic E-state index is 0.240. The van der Waals surface area contributed by atoms with Gasteiger partial charge in [0, 0.05) is 67.7 Å². The summed E-state index contributed by atoms with van der Waals surface area (Å²) >= 11 is 0. The average Bonchev–Trinajstić information content (AvgIpc) is 3.88. The van der Waals surface area contributed by atoms with Gasteiger partial charge in [-0.2, -0.15) is 0 Å². The molecule has 2 aromatic heterocycles. The van der Waals surface area contributed by atoms with Crippen LogP contribution in [0.4, 0.5) is 42.9 Å². The fraction of sp³-hybridized carbons (Fsp3) is 0.0667. The number of anilines is 6. The lowest BCUT2D eigenvalue weighted by Crippen LogP contribution is -2.10. The van der Waals surface area contributed by atoms with E-state index in [1.165, 1.54) is 46.2 Å². The smallest absolute Gasteiger partial charge is 0.123 e. The first-order valence-electron chi connectivity index (χ1n) is 22.7. The van der Waals surface area contributed by atoms with Crippen LogP contribution in [0.3, 0.4) is 0 Å². The van der Waals surface area contributed by atoms with Crippen molar-refractivity contribution < 1.29 is 8.78 Å². The molecule has 0 spiro atoms. The van der Waals surface area contributed by atoms with Crippen molar-refractivity contribution in [3.8, 4) is 22.5 Å². The highest BCUT2D eigenvalue weighted by atomic mass is 19.1. The molecule has 0 atom stereocenters. The molecule has 2 aliphatic rings. The summed E-state index contributed by atoms with van der Waals surface area (Å²) in [7, 11) is 0. The van der Waals surface area contributed by atoms with E-state index < -0.39 is 0 Å². The number of aromatic nitrogens is 2. The van der Waals surface area contributed by atoms with Crippen LogP contribution < -0.4 is 9.80 Å². The number of hydrogen-bond donors (Lipinski definition) is 0. The SMILES string of the molecule is Fc1ccc(-n2c3c(c4cc(N(c5ccccc5)c5ccc(-c6ccc(N(c7ccccc7)c7ccc8c(c7)c7c(n8-c8ccc(F)cc8)C=CCC7)cc6)cc5)ccc42)CCC=C3)cc1. The number of benzene rings is 8. The fourth-order valence-corrected chi connectivity index (χ4v) is 10.1. The maximum atomic E-state index is 14.0. The Kier molecular flexibility index (Phi) is 9.79. The molecule has 66 heavy (non-hydrogen) atoms. The molecule has 0 unspecified atom stereocenters. The zero-order valence-electron chi connectivity index (χ0n) is 36.2. The molecule has 0 amide bonds. The van der Waals surface area contributed by atoms with Gasteiger partial charge in [-0.25, -0.2) is 8.78 Å². The Hall–Kier alpha value is -8.22. The van der Waals surface area contributed by atoms with Crippen LogP contribution in [0.5, 0.6) is 0 Å². The van der Waals surface area contributed by atoms with Crippen LogP contribution in [-0.2, 0) is 12.8 Å². The Morgan fingerprint density at radius 3 is 1.12 bits per heavy atom. The van der Waals surface area contributed by atoms with Crippen molar-refractivity contribution in [3.63, 3.8) is 0 Å². The van der Waals surface area contributed by atoms with Crippen LogP contribution in [0, 0.1) is 11.6 Å². The largest absolute Gasteiger partial charge is 0.310 e. The molecule has 12 rings (SSSR count). The standard InChI is InChI=1S/C60H44F2N4/c61-43-23-31-49(32-24-43)65-57-17-9-7-15-53(57)55-39-51(35-37-59(55)65)63(45-11-3-1-4-12-45)47-27-19-41(20-28-47)42-21-29-48(30-22-42)64(46-13-5-2-6-14-46)52-36-38-60-56(40-52)54-16-8-10-18-58(54)66(60)50-33-25-44(62)26-34-50/h1-6,9-14,17-40H,7-8,15-16H2. The molecular weight excluding hydrogens is 815 g/mol. The Bertz CT molecular complexity index is 3220. The quantitative estimate of drug-likeness (QED) is 0.144. The van der Waals surface area contributed by atoms with E-state index in [0.29, 0.717) is 0 Å². The Morgan fingerprint density at radius 2 is 0.727 bits per heavy atom. The molecule has 0 radical (unpaired) electrons. The summed E-state index contributed by atoms with van der Waals surface area (Å²) in [5.41, 5.74) is 17.7. The number of hydrogen-bond acceptors (Lipinski definition) is 2. The van der Waals surface area contributed by atoms with Gasteiger partial charge in [0.25, 0.3) is 0 Å². The zero-order valence-corrected chi connectivity index (χ0v) is 36.2. The fourth-order valence-electron chi connectivity index (χ4n) is 10.1. The molecule has 6 heteroatoms. The molecule has 0 aliphatic heterocycles. The van der Waals surface area contributed by atoms with Gasteiger partial charge in [-0.15, -0.1) is 0 Å². The van der Waals surface area contributed by atoms with E-state index in [-0.39, 0.29) is 11.6 Å². The summed E-state index contributed by atoms with van der Waals surface area (Å²) < 4.78 is 32.5. The predicted molar refractivity (Wildman–Crippen MR) is 270 cm³/mol. The predicted octanol–water partition coefficient (Wildman–Crippen LogP) is 16.4. The van der Waals surface area contributed by atoms with Crippen molar-refractivity contribution in [1.82, 2.24) is 9.13 Å². The Labute approximate surface area is 382 Å². The lowest BCUT2D eigenvalue weighted by Gasteiger charge is -2.26. The lowest BCUT2D eigenvalue weighted by atomic mass is 10.00. The normalized spacial score (nSPS) is 12.9. The molecule has 2 aliphatic carbocycles. The minimum atomic E-state index is -0.240. The van der Waals surface area contributed by atoms with Crippen LogP contribution in [0.25, 0.3) is 56.5 Å².